The normalized spacial score (nSPS) is 9.03. The van der Waals surface area contributed by atoms with Crippen LogP contribution in [0.4, 0.5) is 0 Å². The Morgan fingerprint density at radius 3 is 2.20 bits per heavy atom. The van der Waals surface area contributed by atoms with Crippen LogP contribution in [0.15, 0.2) is 76.6 Å². The van der Waals surface area contributed by atoms with Crippen LogP contribution in [0.25, 0.3) is 16.0 Å². The molecule has 3 rings (SSSR count). The van der Waals surface area contributed by atoms with Crippen molar-refractivity contribution in [3.05, 3.63) is 99.6 Å². The maximum Gasteiger partial charge on any atom is 0.313 e. The number of Topliss-reactive ketones (excluding diaryl/α,β-unsaturated/α-hetero) is 1. The first-order valence-electron chi connectivity index (χ1n) is 9.91. The number of carbonyl (C=O) groups is 2. The number of ketones is 1. The van der Waals surface area contributed by atoms with Crippen LogP contribution in [-0.4, -0.2) is 35.4 Å². The SMILES string of the molecule is COC(=O)CC(=O)c1ccccc1.N#Cc1c(-c2ccccc2)cc(=O)[nH]c1S.[C-]#[N+]CC(N)=S. The number of carbonyl (C=O) groups excluding carboxylic acids is 2. The Morgan fingerprint density at radius 2 is 1.74 bits per heavy atom. The van der Waals surface area contributed by atoms with E-state index in [4.69, 9.17) is 17.6 Å². The van der Waals surface area contributed by atoms with Gasteiger partial charge in [-0.3, -0.25) is 14.4 Å². The first-order valence-corrected chi connectivity index (χ1v) is 10.8. The fourth-order valence-electron chi connectivity index (χ4n) is 2.51. The number of ether oxygens (including phenoxy) is 1. The average Bonchev–Trinajstić information content (AvgIpc) is 2.85. The van der Waals surface area contributed by atoms with Crippen molar-refractivity contribution in [1.29, 1.82) is 5.26 Å². The fourth-order valence-corrected chi connectivity index (χ4v) is 2.86. The van der Waals surface area contributed by atoms with Crippen LogP contribution >= 0.6 is 24.8 Å². The number of methoxy groups -OCH3 is 1. The maximum absolute atomic E-state index is 11.3. The van der Waals surface area contributed by atoms with Crippen molar-refractivity contribution >= 4 is 41.6 Å². The number of nitrogens with one attached hydrogen (secondary N) is 1. The molecule has 2 aromatic carbocycles. The number of hydrogen-bond donors (Lipinski definition) is 3. The first kappa shape index (κ1) is 28.8. The summed E-state index contributed by atoms with van der Waals surface area (Å²) in [6.45, 7) is 6.37. The summed E-state index contributed by atoms with van der Waals surface area (Å²) in [5, 5.41) is 9.33. The molecule has 0 unspecified atom stereocenters. The molecule has 0 amide bonds. The summed E-state index contributed by atoms with van der Waals surface area (Å²) in [4.78, 5) is 39.1. The van der Waals surface area contributed by atoms with E-state index < -0.39 is 5.97 Å². The number of thiol groups is 1. The van der Waals surface area contributed by atoms with E-state index in [1.807, 2.05) is 42.5 Å². The molecule has 1 aromatic heterocycles. The molecule has 0 atom stereocenters. The highest BCUT2D eigenvalue weighted by Gasteiger charge is 2.11. The molecule has 0 bridgehead atoms. The molecule has 10 heteroatoms. The van der Waals surface area contributed by atoms with Gasteiger partial charge in [-0.2, -0.15) is 5.26 Å². The topological polar surface area (TPSA) is 130 Å². The number of aromatic nitrogens is 1. The highest BCUT2D eigenvalue weighted by atomic mass is 32.1. The molecule has 178 valence electrons. The Kier molecular flexibility index (Phi) is 12.8. The lowest BCUT2D eigenvalue weighted by Crippen LogP contribution is -2.09. The molecule has 0 saturated carbocycles. The molecule has 0 aliphatic carbocycles. The number of benzene rings is 2. The van der Waals surface area contributed by atoms with Crippen LogP contribution in [-0.2, 0) is 9.53 Å². The largest absolute Gasteiger partial charge is 0.469 e. The zero-order valence-corrected chi connectivity index (χ0v) is 20.4. The lowest BCUT2D eigenvalue weighted by Gasteiger charge is -2.05. The molecule has 0 saturated heterocycles. The summed E-state index contributed by atoms with van der Waals surface area (Å²) < 4.78 is 4.38. The molecule has 0 spiro atoms. The highest BCUT2D eigenvalue weighted by Crippen LogP contribution is 2.24. The van der Waals surface area contributed by atoms with Gasteiger partial charge in [0, 0.05) is 17.2 Å². The third kappa shape index (κ3) is 10.5. The van der Waals surface area contributed by atoms with E-state index >= 15 is 0 Å². The molecule has 35 heavy (non-hydrogen) atoms. The molecular formula is C25H22N4O4S2. The summed E-state index contributed by atoms with van der Waals surface area (Å²) in [6, 6.07) is 21.4. The van der Waals surface area contributed by atoms with Gasteiger partial charge in [-0.15, -0.1) is 12.6 Å². The van der Waals surface area contributed by atoms with Gasteiger partial charge in [0.1, 0.15) is 12.5 Å². The Morgan fingerprint density at radius 1 is 1.17 bits per heavy atom. The number of nitrogens with two attached hydrogens (primary N) is 1. The van der Waals surface area contributed by atoms with E-state index in [0.29, 0.717) is 21.7 Å². The van der Waals surface area contributed by atoms with Crippen LogP contribution in [0.3, 0.4) is 0 Å². The van der Waals surface area contributed by atoms with E-state index in [1.165, 1.54) is 13.2 Å². The second-order valence-electron chi connectivity index (χ2n) is 6.57. The molecule has 3 aromatic rings. The molecule has 0 aliphatic rings. The Bertz CT molecular complexity index is 1300. The zero-order valence-electron chi connectivity index (χ0n) is 18.7. The number of hydrogen-bond acceptors (Lipinski definition) is 7. The van der Waals surface area contributed by atoms with Gasteiger partial charge >= 0.3 is 5.97 Å². The maximum atomic E-state index is 11.3. The van der Waals surface area contributed by atoms with Crippen LogP contribution in [0.1, 0.15) is 22.3 Å². The van der Waals surface area contributed by atoms with Crippen molar-refractivity contribution in [2.75, 3.05) is 13.7 Å². The van der Waals surface area contributed by atoms with Gasteiger partial charge in [0.2, 0.25) is 5.56 Å². The summed E-state index contributed by atoms with van der Waals surface area (Å²) in [6.07, 6.45) is -0.194. The van der Waals surface area contributed by atoms with E-state index in [0.717, 1.165) is 5.56 Å². The summed E-state index contributed by atoms with van der Waals surface area (Å²) in [5.41, 5.74) is 7.02. The summed E-state index contributed by atoms with van der Waals surface area (Å²) >= 11 is 8.45. The fraction of sp³-hybridized carbons (Fsp3) is 0.120. The van der Waals surface area contributed by atoms with Crippen LogP contribution < -0.4 is 11.3 Å². The monoisotopic (exact) mass is 506 g/mol. The minimum absolute atomic E-state index is 0.176. The third-order valence-electron chi connectivity index (χ3n) is 4.08. The minimum Gasteiger partial charge on any atom is -0.469 e. The van der Waals surface area contributed by atoms with Crippen molar-refractivity contribution in [1.82, 2.24) is 4.98 Å². The molecule has 8 nitrogen and oxygen atoms in total. The molecule has 0 fully saturated rings. The van der Waals surface area contributed by atoms with Crippen molar-refractivity contribution in [3.63, 3.8) is 0 Å². The van der Waals surface area contributed by atoms with Crippen LogP contribution in [0.2, 0.25) is 0 Å². The minimum atomic E-state index is -0.506. The number of esters is 1. The third-order valence-corrected chi connectivity index (χ3v) is 4.55. The second-order valence-corrected chi connectivity index (χ2v) is 7.54. The van der Waals surface area contributed by atoms with E-state index in [1.54, 1.807) is 24.3 Å². The molecule has 3 N–H and O–H groups in total. The van der Waals surface area contributed by atoms with E-state index in [-0.39, 0.29) is 29.3 Å². The number of nitrogens with zero attached hydrogens (tertiary/aromatic N) is 2. The lowest BCUT2D eigenvalue weighted by atomic mass is 10.0. The van der Waals surface area contributed by atoms with Crippen molar-refractivity contribution in [2.24, 2.45) is 5.73 Å². The van der Waals surface area contributed by atoms with Crippen molar-refractivity contribution in [2.45, 2.75) is 11.4 Å². The van der Waals surface area contributed by atoms with E-state index in [2.05, 4.69) is 39.4 Å². The predicted octanol–water partition coefficient (Wildman–Crippen LogP) is 3.83. The predicted molar refractivity (Wildman–Crippen MR) is 140 cm³/mol. The van der Waals surface area contributed by atoms with Gasteiger partial charge in [-0.05, 0) is 5.56 Å². The summed E-state index contributed by atoms with van der Waals surface area (Å²) in [7, 11) is 1.26. The Balaban J connectivity index is 0.000000290. The van der Waals surface area contributed by atoms with Crippen LogP contribution in [0.5, 0.6) is 0 Å². The molecule has 0 radical (unpaired) electrons. The number of nitriles is 1. The highest BCUT2D eigenvalue weighted by molar-refractivity contribution is 7.80. The Labute approximate surface area is 213 Å². The zero-order chi connectivity index (χ0) is 26.2. The number of rotatable bonds is 5. The van der Waals surface area contributed by atoms with Crippen LogP contribution in [0, 0.1) is 17.9 Å². The van der Waals surface area contributed by atoms with Gasteiger partial charge in [0.25, 0.3) is 6.54 Å². The van der Waals surface area contributed by atoms with Crippen molar-refractivity contribution < 1.29 is 14.3 Å². The smallest absolute Gasteiger partial charge is 0.313 e. The molecule has 0 aliphatic heterocycles. The number of pyridine rings is 1. The lowest BCUT2D eigenvalue weighted by molar-refractivity contribution is -0.139. The van der Waals surface area contributed by atoms with Gasteiger partial charge in [-0.25, -0.2) is 6.57 Å². The second kappa shape index (κ2) is 15.6. The van der Waals surface area contributed by atoms with Gasteiger partial charge < -0.3 is 20.3 Å². The average molecular weight is 507 g/mol. The molecule has 1 heterocycles. The number of thiocarbonyl (C=S) groups is 1. The molecular weight excluding hydrogens is 484 g/mol. The summed E-state index contributed by atoms with van der Waals surface area (Å²) in [5.74, 6) is -0.721. The van der Waals surface area contributed by atoms with Gasteiger partial charge in [-0.1, -0.05) is 72.9 Å². The quantitative estimate of drug-likeness (QED) is 0.120. The Hall–Kier alpha value is -4.25. The van der Waals surface area contributed by atoms with Crippen molar-refractivity contribution in [3.8, 4) is 17.2 Å². The van der Waals surface area contributed by atoms with Gasteiger partial charge in [0.05, 0.1) is 17.7 Å². The number of H-pyrrole nitrogens is 1. The standard InChI is InChI=1S/C12H8N2OS.C10H10O3.C3H4N2S/c13-7-10-9(6-11(15)14-12(10)16)8-4-2-1-3-5-8;1-13-10(12)7-9(11)8-5-3-2-4-6-8;1-5-2-3(4)6/h1-6H,(H2,14,15,16);2-6H,7H2,1H3;2H2,(H2,4,6). The van der Waals surface area contributed by atoms with Gasteiger partial charge in [0.15, 0.2) is 10.8 Å². The number of aromatic amines is 1. The van der Waals surface area contributed by atoms with E-state index in [9.17, 15) is 14.4 Å². The first-order chi connectivity index (χ1) is 16.7.